The number of fused-ring (bicyclic) bond motifs is 6. The molecule has 2 unspecified atom stereocenters. The SMILES string of the molecule is Nc1nc2cc(F)c(C(=O)N3CCOC4Cc5c(ccc(OC(F)(F)F)c5F)C43)cc2n2cncc12. The molecule has 2 N–H and O–H groups in total. The Labute approximate surface area is 199 Å². The van der Waals surface area contributed by atoms with Gasteiger partial charge < -0.3 is 20.1 Å². The Morgan fingerprint density at radius 1 is 1.19 bits per heavy atom. The van der Waals surface area contributed by atoms with Gasteiger partial charge in [0.25, 0.3) is 5.91 Å². The molecule has 0 saturated carbocycles. The van der Waals surface area contributed by atoms with E-state index in [1.165, 1.54) is 29.6 Å². The van der Waals surface area contributed by atoms with Crippen molar-refractivity contribution in [2.75, 3.05) is 18.9 Å². The fraction of sp³-hybridized carbons (Fsp3) is 0.261. The number of anilines is 1. The zero-order valence-corrected chi connectivity index (χ0v) is 18.2. The van der Waals surface area contributed by atoms with Gasteiger partial charge in [-0.15, -0.1) is 13.2 Å². The van der Waals surface area contributed by atoms with Gasteiger partial charge in [-0.25, -0.2) is 18.7 Å². The van der Waals surface area contributed by atoms with Gasteiger partial charge >= 0.3 is 6.36 Å². The lowest BCUT2D eigenvalue weighted by Gasteiger charge is -2.38. The van der Waals surface area contributed by atoms with E-state index in [4.69, 9.17) is 10.5 Å². The number of morpholine rings is 1. The molecule has 2 aliphatic rings. The Kier molecular flexibility index (Phi) is 4.84. The fourth-order valence-electron chi connectivity index (χ4n) is 5.02. The second-order valence-electron chi connectivity index (χ2n) is 8.52. The molecule has 1 fully saturated rings. The summed E-state index contributed by atoms with van der Waals surface area (Å²) in [5.41, 5.74) is 7.00. The van der Waals surface area contributed by atoms with Gasteiger partial charge in [-0.3, -0.25) is 9.20 Å². The Bertz CT molecular complexity index is 1550. The average molecular weight is 505 g/mol. The molecule has 36 heavy (non-hydrogen) atoms. The molecule has 1 saturated heterocycles. The number of carbonyl (C=O) groups excluding carboxylic acids is 1. The minimum Gasteiger partial charge on any atom is -0.403 e. The highest BCUT2D eigenvalue weighted by Gasteiger charge is 2.45. The Balaban J connectivity index is 1.41. The van der Waals surface area contributed by atoms with E-state index < -0.39 is 41.8 Å². The first-order chi connectivity index (χ1) is 17.1. The summed E-state index contributed by atoms with van der Waals surface area (Å²) in [6, 6.07) is 3.76. The molecule has 0 radical (unpaired) electrons. The lowest BCUT2D eigenvalue weighted by molar-refractivity contribution is -0.275. The maximum Gasteiger partial charge on any atom is 0.573 e. The van der Waals surface area contributed by atoms with E-state index >= 15 is 4.39 Å². The number of aromatic nitrogens is 3. The van der Waals surface area contributed by atoms with E-state index in [0.717, 1.165) is 12.1 Å². The van der Waals surface area contributed by atoms with Gasteiger partial charge in [-0.1, -0.05) is 6.07 Å². The zero-order valence-electron chi connectivity index (χ0n) is 18.2. The number of hydrogen-bond acceptors (Lipinski definition) is 6. The van der Waals surface area contributed by atoms with Gasteiger partial charge in [0.2, 0.25) is 0 Å². The van der Waals surface area contributed by atoms with Crippen molar-refractivity contribution in [2.24, 2.45) is 0 Å². The number of nitrogen functional groups attached to an aromatic ring is 1. The highest BCUT2D eigenvalue weighted by Crippen LogP contribution is 2.44. The molecule has 0 spiro atoms. The van der Waals surface area contributed by atoms with Crippen LogP contribution in [0.15, 0.2) is 36.8 Å². The van der Waals surface area contributed by atoms with Gasteiger partial charge in [0.1, 0.15) is 17.2 Å². The van der Waals surface area contributed by atoms with Crippen LogP contribution in [0.1, 0.15) is 27.5 Å². The standard InChI is InChI=1S/C23H16F5N5O3/c24-13-7-14-15(33-9-30-8-16(33)21(29)31-14)5-12(13)22(34)32-3-4-35-18-6-11-10(20(18)32)1-2-17(19(11)25)36-23(26,27)28/h1-2,5,7-9,18,20H,3-4,6H2,(H2,29,31). The minimum absolute atomic E-state index is 0.0368. The number of nitrogens with zero attached hydrogens (tertiary/aromatic N) is 4. The van der Waals surface area contributed by atoms with Crippen LogP contribution < -0.4 is 10.5 Å². The van der Waals surface area contributed by atoms with Crippen molar-refractivity contribution in [2.45, 2.75) is 24.9 Å². The van der Waals surface area contributed by atoms with Gasteiger partial charge in [0.05, 0.1) is 47.9 Å². The molecule has 2 atom stereocenters. The van der Waals surface area contributed by atoms with Crippen LogP contribution in [-0.2, 0) is 11.2 Å². The quantitative estimate of drug-likeness (QED) is 0.417. The Hall–Kier alpha value is -4.00. The predicted molar refractivity (Wildman–Crippen MR) is 115 cm³/mol. The third-order valence-corrected chi connectivity index (χ3v) is 6.50. The average Bonchev–Trinajstić information content (AvgIpc) is 3.45. The summed E-state index contributed by atoms with van der Waals surface area (Å²) >= 11 is 0. The zero-order chi connectivity index (χ0) is 25.4. The topological polar surface area (TPSA) is 95.0 Å². The second-order valence-corrected chi connectivity index (χ2v) is 8.52. The number of carbonyl (C=O) groups is 1. The molecule has 1 aliphatic carbocycles. The number of ether oxygens (including phenoxy) is 2. The van der Waals surface area contributed by atoms with Crippen molar-refractivity contribution in [1.82, 2.24) is 19.3 Å². The number of alkyl halides is 3. The van der Waals surface area contributed by atoms with Crippen LogP contribution in [-0.4, -0.2) is 50.8 Å². The van der Waals surface area contributed by atoms with Crippen LogP contribution >= 0.6 is 0 Å². The highest BCUT2D eigenvalue weighted by atomic mass is 19.4. The number of benzene rings is 2. The van der Waals surface area contributed by atoms with Crippen LogP contribution in [0.25, 0.3) is 16.6 Å². The van der Waals surface area contributed by atoms with Gasteiger partial charge in [-0.2, -0.15) is 0 Å². The third-order valence-electron chi connectivity index (χ3n) is 6.50. The molecule has 186 valence electrons. The molecule has 2 aromatic carbocycles. The Morgan fingerprint density at radius 3 is 2.78 bits per heavy atom. The van der Waals surface area contributed by atoms with E-state index in [1.807, 2.05) is 0 Å². The first kappa shape index (κ1) is 22.5. The van der Waals surface area contributed by atoms with E-state index in [-0.39, 0.29) is 47.6 Å². The molecule has 1 aliphatic heterocycles. The minimum atomic E-state index is -5.06. The number of nitrogens with two attached hydrogens (primary N) is 1. The highest BCUT2D eigenvalue weighted by molar-refractivity contribution is 5.99. The van der Waals surface area contributed by atoms with Crippen LogP contribution in [0.3, 0.4) is 0 Å². The third kappa shape index (κ3) is 3.41. The number of halogens is 5. The van der Waals surface area contributed by atoms with Crippen LogP contribution in [0.4, 0.5) is 27.8 Å². The molecule has 2 aromatic heterocycles. The van der Waals surface area contributed by atoms with Gasteiger partial charge in [0.15, 0.2) is 11.6 Å². The Morgan fingerprint density at radius 2 is 2.00 bits per heavy atom. The van der Waals surface area contributed by atoms with Crippen molar-refractivity contribution in [3.05, 3.63) is 65.1 Å². The molecular formula is C23H16F5N5O3. The predicted octanol–water partition coefficient (Wildman–Crippen LogP) is 3.78. The van der Waals surface area contributed by atoms with E-state index in [0.29, 0.717) is 11.0 Å². The largest absolute Gasteiger partial charge is 0.573 e. The van der Waals surface area contributed by atoms with E-state index in [2.05, 4.69) is 14.7 Å². The van der Waals surface area contributed by atoms with Gasteiger partial charge in [-0.05, 0) is 23.3 Å². The summed E-state index contributed by atoms with van der Waals surface area (Å²) < 4.78 is 79.1. The summed E-state index contributed by atoms with van der Waals surface area (Å²) in [6.45, 7) is 0.160. The number of imidazole rings is 1. The summed E-state index contributed by atoms with van der Waals surface area (Å²) in [5.74, 6) is -3.50. The monoisotopic (exact) mass is 505 g/mol. The van der Waals surface area contributed by atoms with E-state index in [1.54, 1.807) is 4.40 Å². The molecule has 4 aromatic rings. The van der Waals surface area contributed by atoms with Crippen molar-refractivity contribution in [3.8, 4) is 5.75 Å². The smallest absolute Gasteiger partial charge is 0.403 e. The van der Waals surface area contributed by atoms with Crippen LogP contribution in [0.5, 0.6) is 5.75 Å². The molecule has 8 nitrogen and oxygen atoms in total. The lowest BCUT2D eigenvalue weighted by Crippen LogP contribution is -2.46. The van der Waals surface area contributed by atoms with Crippen molar-refractivity contribution in [3.63, 3.8) is 0 Å². The summed E-state index contributed by atoms with van der Waals surface area (Å²) in [7, 11) is 0. The van der Waals surface area contributed by atoms with Crippen LogP contribution in [0.2, 0.25) is 0 Å². The normalized spacial score (nSPS) is 19.5. The summed E-state index contributed by atoms with van der Waals surface area (Å²) in [5, 5.41) is 0. The fourth-order valence-corrected chi connectivity index (χ4v) is 5.02. The van der Waals surface area contributed by atoms with Gasteiger partial charge in [0, 0.05) is 19.0 Å². The summed E-state index contributed by atoms with van der Waals surface area (Å²) in [4.78, 5) is 23.1. The molecule has 3 heterocycles. The molecule has 0 bridgehead atoms. The van der Waals surface area contributed by atoms with Crippen molar-refractivity contribution in [1.29, 1.82) is 0 Å². The first-order valence-corrected chi connectivity index (χ1v) is 10.8. The lowest BCUT2D eigenvalue weighted by atomic mass is 10.0. The van der Waals surface area contributed by atoms with Crippen molar-refractivity contribution >= 4 is 28.3 Å². The number of rotatable bonds is 2. The number of hydrogen-bond donors (Lipinski definition) is 1. The van der Waals surface area contributed by atoms with E-state index in [9.17, 15) is 22.4 Å². The molecule has 6 rings (SSSR count). The first-order valence-electron chi connectivity index (χ1n) is 10.8. The van der Waals surface area contributed by atoms with Crippen LogP contribution in [0, 0.1) is 11.6 Å². The van der Waals surface area contributed by atoms with Crippen molar-refractivity contribution < 1.29 is 36.2 Å². The maximum atomic E-state index is 15.1. The number of amides is 1. The molecule has 13 heteroatoms. The molecular weight excluding hydrogens is 489 g/mol. The maximum absolute atomic E-state index is 15.1. The summed E-state index contributed by atoms with van der Waals surface area (Å²) in [6.07, 6.45) is -2.89. The molecule has 1 amide bonds. The second kappa shape index (κ2) is 7.75.